The molecule has 5 nitrogen and oxygen atoms in total. The Bertz CT molecular complexity index is 594. The second-order valence-corrected chi connectivity index (χ2v) is 7.31. The van der Waals surface area contributed by atoms with Gasteiger partial charge in [-0.2, -0.15) is 0 Å². The molecular weight excluding hydrogens is 293 g/mol. The lowest BCUT2D eigenvalue weighted by molar-refractivity contribution is -0.146. The fourth-order valence-corrected chi connectivity index (χ4v) is 2.85. The van der Waals surface area contributed by atoms with Gasteiger partial charge in [-0.05, 0) is 45.3 Å². The molecule has 2 aliphatic heterocycles. The van der Waals surface area contributed by atoms with E-state index in [4.69, 9.17) is 14.0 Å². The standard InChI is InChI=1S/C17H24BNO4/c1-16(2)17(3,4)23-18(22-16)13-7-6-8-14(9-13)19-10-12(11-19)15(20)21-5/h6-9,12H,10-11H2,1-5H3. The first-order valence-electron chi connectivity index (χ1n) is 8.02. The third-order valence-electron chi connectivity index (χ3n) is 5.18. The van der Waals surface area contributed by atoms with E-state index in [9.17, 15) is 4.79 Å². The van der Waals surface area contributed by atoms with E-state index in [1.807, 2.05) is 45.9 Å². The molecule has 1 aromatic carbocycles. The van der Waals surface area contributed by atoms with Crippen molar-refractivity contribution in [3.63, 3.8) is 0 Å². The van der Waals surface area contributed by atoms with Crippen molar-refractivity contribution in [2.75, 3.05) is 25.1 Å². The average Bonchev–Trinajstić information content (AvgIpc) is 2.66. The van der Waals surface area contributed by atoms with Crippen LogP contribution in [0.2, 0.25) is 0 Å². The molecule has 2 heterocycles. The van der Waals surface area contributed by atoms with Crippen molar-refractivity contribution in [2.45, 2.75) is 38.9 Å². The number of nitrogens with zero attached hydrogens (tertiary/aromatic N) is 1. The largest absolute Gasteiger partial charge is 0.494 e. The molecule has 2 saturated heterocycles. The van der Waals surface area contributed by atoms with Gasteiger partial charge in [-0.15, -0.1) is 0 Å². The maximum atomic E-state index is 11.5. The number of esters is 1. The SMILES string of the molecule is COC(=O)C1CN(c2cccc(B3OC(C)(C)C(C)(C)O3)c2)C1. The first-order chi connectivity index (χ1) is 10.7. The summed E-state index contributed by atoms with van der Waals surface area (Å²) in [7, 11) is 1.07. The zero-order chi connectivity index (χ0) is 16.8. The van der Waals surface area contributed by atoms with Crippen molar-refractivity contribution in [3.8, 4) is 0 Å². The van der Waals surface area contributed by atoms with Crippen molar-refractivity contribution in [3.05, 3.63) is 24.3 Å². The Hall–Kier alpha value is -1.53. The number of carbonyl (C=O) groups is 1. The van der Waals surface area contributed by atoms with Crippen LogP contribution in [0.1, 0.15) is 27.7 Å². The Labute approximate surface area is 138 Å². The monoisotopic (exact) mass is 317 g/mol. The maximum Gasteiger partial charge on any atom is 0.494 e. The lowest BCUT2D eigenvalue weighted by atomic mass is 9.78. The fraction of sp³-hybridized carbons (Fsp3) is 0.588. The molecule has 2 aliphatic rings. The highest BCUT2D eigenvalue weighted by Gasteiger charge is 2.51. The Balaban J connectivity index is 1.71. The van der Waals surface area contributed by atoms with Gasteiger partial charge in [-0.25, -0.2) is 0 Å². The van der Waals surface area contributed by atoms with Crippen molar-refractivity contribution in [1.82, 2.24) is 0 Å². The third kappa shape index (κ3) is 2.86. The minimum absolute atomic E-state index is 0.0273. The number of rotatable bonds is 3. The van der Waals surface area contributed by atoms with Crippen LogP contribution in [0.4, 0.5) is 5.69 Å². The molecule has 1 aromatic rings. The Kier molecular flexibility index (Phi) is 3.93. The molecule has 124 valence electrons. The summed E-state index contributed by atoms with van der Waals surface area (Å²) in [5.41, 5.74) is 1.39. The van der Waals surface area contributed by atoms with Crippen LogP contribution in [-0.4, -0.2) is 44.5 Å². The molecule has 2 fully saturated rings. The van der Waals surface area contributed by atoms with Crippen molar-refractivity contribution in [1.29, 1.82) is 0 Å². The zero-order valence-electron chi connectivity index (χ0n) is 14.5. The van der Waals surface area contributed by atoms with Crippen LogP contribution in [0, 0.1) is 5.92 Å². The molecule has 0 amide bonds. The van der Waals surface area contributed by atoms with E-state index in [2.05, 4.69) is 11.0 Å². The summed E-state index contributed by atoms with van der Waals surface area (Å²) >= 11 is 0. The van der Waals surface area contributed by atoms with Crippen LogP contribution in [0.15, 0.2) is 24.3 Å². The number of anilines is 1. The summed E-state index contributed by atoms with van der Waals surface area (Å²) in [5, 5.41) is 0. The molecule has 0 atom stereocenters. The van der Waals surface area contributed by atoms with Crippen LogP contribution in [-0.2, 0) is 18.8 Å². The molecule has 23 heavy (non-hydrogen) atoms. The molecule has 0 aliphatic carbocycles. The first-order valence-corrected chi connectivity index (χ1v) is 8.02. The Morgan fingerprint density at radius 3 is 2.39 bits per heavy atom. The highest BCUT2D eigenvalue weighted by Crippen LogP contribution is 2.36. The van der Waals surface area contributed by atoms with Gasteiger partial charge in [-0.3, -0.25) is 4.79 Å². The topological polar surface area (TPSA) is 48.0 Å². The van der Waals surface area contributed by atoms with Gasteiger partial charge < -0.3 is 18.9 Å². The summed E-state index contributed by atoms with van der Waals surface area (Å²) in [6.07, 6.45) is 0. The number of methoxy groups -OCH3 is 1. The quantitative estimate of drug-likeness (QED) is 0.626. The van der Waals surface area contributed by atoms with Crippen molar-refractivity contribution < 1.29 is 18.8 Å². The maximum absolute atomic E-state index is 11.5. The van der Waals surface area contributed by atoms with Gasteiger partial charge in [0.1, 0.15) is 0 Å². The number of ether oxygens (including phenoxy) is 1. The van der Waals surface area contributed by atoms with E-state index in [0.717, 1.165) is 11.2 Å². The number of benzene rings is 1. The van der Waals surface area contributed by atoms with E-state index < -0.39 is 0 Å². The number of hydrogen-bond donors (Lipinski definition) is 0. The summed E-state index contributed by atoms with van der Waals surface area (Å²) in [6, 6.07) is 8.14. The fourth-order valence-electron chi connectivity index (χ4n) is 2.85. The van der Waals surface area contributed by atoms with E-state index in [1.54, 1.807) is 0 Å². The van der Waals surface area contributed by atoms with Gasteiger partial charge in [-0.1, -0.05) is 12.1 Å². The molecule has 3 rings (SSSR count). The minimum atomic E-state index is -0.363. The van der Waals surface area contributed by atoms with Gasteiger partial charge in [0.25, 0.3) is 0 Å². The van der Waals surface area contributed by atoms with E-state index in [-0.39, 0.29) is 30.2 Å². The molecule has 0 radical (unpaired) electrons. The smallest absolute Gasteiger partial charge is 0.469 e. The lowest BCUT2D eigenvalue weighted by Crippen LogP contribution is -2.51. The van der Waals surface area contributed by atoms with Crippen LogP contribution in [0.3, 0.4) is 0 Å². The average molecular weight is 317 g/mol. The second-order valence-electron chi connectivity index (χ2n) is 7.31. The number of carbonyl (C=O) groups excluding carboxylic acids is 1. The molecule has 0 spiro atoms. The molecule has 0 unspecified atom stereocenters. The minimum Gasteiger partial charge on any atom is -0.469 e. The highest BCUT2D eigenvalue weighted by molar-refractivity contribution is 6.62. The summed E-state index contributed by atoms with van der Waals surface area (Å²) in [5.74, 6) is -0.163. The zero-order valence-corrected chi connectivity index (χ0v) is 14.5. The Morgan fingerprint density at radius 2 is 1.83 bits per heavy atom. The van der Waals surface area contributed by atoms with Crippen LogP contribution in [0.25, 0.3) is 0 Å². The molecule has 6 heteroatoms. The summed E-state index contributed by atoms with van der Waals surface area (Å²) in [4.78, 5) is 13.7. The third-order valence-corrected chi connectivity index (χ3v) is 5.18. The predicted molar refractivity (Wildman–Crippen MR) is 89.9 cm³/mol. The first kappa shape index (κ1) is 16.3. The van der Waals surface area contributed by atoms with Gasteiger partial charge in [0.2, 0.25) is 0 Å². The number of hydrogen-bond acceptors (Lipinski definition) is 5. The molecule has 0 saturated carbocycles. The molecular formula is C17H24BNO4. The Morgan fingerprint density at radius 1 is 1.22 bits per heavy atom. The highest BCUT2D eigenvalue weighted by atomic mass is 16.7. The van der Waals surface area contributed by atoms with E-state index in [0.29, 0.717) is 13.1 Å². The van der Waals surface area contributed by atoms with Gasteiger partial charge in [0.15, 0.2) is 0 Å². The second kappa shape index (κ2) is 5.53. The summed E-state index contributed by atoms with van der Waals surface area (Å²) in [6.45, 7) is 9.58. The normalized spacial score (nSPS) is 22.8. The van der Waals surface area contributed by atoms with E-state index >= 15 is 0 Å². The van der Waals surface area contributed by atoms with Crippen LogP contribution >= 0.6 is 0 Å². The molecule has 0 aromatic heterocycles. The van der Waals surface area contributed by atoms with Crippen molar-refractivity contribution >= 4 is 24.2 Å². The van der Waals surface area contributed by atoms with E-state index in [1.165, 1.54) is 7.11 Å². The van der Waals surface area contributed by atoms with Gasteiger partial charge in [0, 0.05) is 18.8 Å². The molecule has 0 N–H and O–H groups in total. The molecule has 0 bridgehead atoms. The van der Waals surface area contributed by atoms with Crippen LogP contribution < -0.4 is 10.4 Å². The lowest BCUT2D eigenvalue weighted by Gasteiger charge is -2.39. The summed E-state index contributed by atoms with van der Waals surface area (Å²) < 4.78 is 17.0. The van der Waals surface area contributed by atoms with Gasteiger partial charge >= 0.3 is 13.1 Å². The van der Waals surface area contributed by atoms with Crippen LogP contribution in [0.5, 0.6) is 0 Å². The van der Waals surface area contributed by atoms with Crippen molar-refractivity contribution in [2.24, 2.45) is 5.92 Å². The van der Waals surface area contributed by atoms with Gasteiger partial charge in [0.05, 0.1) is 24.2 Å². The predicted octanol–water partition coefficient (Wildman–Crippen LogP) is 1.59.